The molecule has 36 heavy (non-hydrogen) atoms. The first-order valence-electron chi connectivity index (χ1n) is 12.3. The normalized spacial score (nSPS) is 21.4. The molecule has 0 fully saturated rings. The number of carbonyl (C=O) groups is 2. The minimum atomic E-state index is -0.552. The summed E-state index contributed by atoms with van der Waals surface area (Å²) in [6, 6.07) is 13.8. The molecule has 2 aromatic carbocycles. The van der Waals surface area contributed by atoms with E-state index in [1.165, 1.54) is 12.1 Å². The van der Waals surface area contributed by atoms with Crippen LogP contribution in [0.4, 0.5) is 17.1 Å². The number of hydrogen-bond donors (Lipinski definition) is 1. The number of allylic oxidation sites excluding steroid dienone is 4. The molecule has 5 rings (SSSR count). The fourth-order valence-corrected chi connectivity index (χ4v) is 6.07. The average Bonchev–Trinajstić information content (AvgIpc) is 2.77. The van der Waals surface area contributed by atoms with Crippen molar-refractivity contribution in [2.24, 2.45) is 10.8 Å². The highest BCUT2D eigenvalue weighted by Gasteiger charge is 2.49. The number of para-hydroxylation sites is 2. The Morgan fingerprint density at radius 1 is 0.833 bits per heavy atom. The molecule has 3 aliphatic rings. The standard InChI is InChI=1S/C29H31N3O4/c1-28(2)13-21-26(23(33)15-28)25(17-9-11-18(12-10-17)32(35)36)27-22(14-29(3,4)16-24(27)34)31(21)20-8-6-5-7-19(20)30/h5-12,25H,13-16,30H2,1-4H3. The lowest BCUT2D eigenvalue weighted by molar-refractivity contribution is -0.384. The van der Waals surface area contributed by atoms with Gasteiger partial charge in [0.15, 0.2) is 11.6 Å². The predicted molar refractivity (Wildman–Crippen MR) is 139 cm³/mol. The van der Waals surface area contributed by atoms with Crippen LogP contribution in [0, 0.1) is 20.9 Å². The Hall–Kier alpha value is -3.74. The van der Waals surface area contributed by atoms with Crippen molar-refractivity contribution in [3.8, 4) is 0 Å². The number of nitrogens with two attached hydrogens (primary N) is 1. The molecule has 0 spiro atoms. The van der Waals surface area contributed by atoms with Crippen molar-refractivity contribution in [3.05, 3.63) is 86.7 Å². The minimum absolute atomic E-state index is 0.00768. The van der Waals surface area contributed by atoms with E-state index >= 15 is 0 Å². The molecule has 0 atom stereocenters. The Morgan fingerprint density at radius 3 is 1.81 bits per heavy atom. The molecular weight excluding hydrogens is 454 g/mol. The maximum atomic E-state index is 13.8. The predicted octanol–water partition coefficient (Wildman–Crippen LogP) is 6.07. The number of nitro groups is 1. The van der Waals surface area contributed by atoms with E-state index in [-0.39, 0.29) is 28.1 Å². The maximum absolute atomic E-state index is 13.8. The number of rotatable bonds is 3. The van der Waals surface area contributed by atoms with E-state index in [4.69, 9.17) is 5.73 Å². The van der Waals surface area contributed by atoms with Gasteiger partial charge >= 0.3 is 0 Å². The molecule has 7 heteroatoms. The summed E-state index contributed by atoms with van der Waals surface area (Å²) in [6.07, 6.45) is 2.04. The molecule has 2 aliphatic carbocycles. The molecule has 0 saturated carbocycles. The number of Topliss-reactive ketones (excluding diaryl/α,β-unsaturated/α-hetero) is 2. The summed E-state index contributed by atoms with van der Waals surface area (Å²) in [4.78, 5) is 40.6. The second-order valence-corrected chi connectivity index (χ2v) is 11.8. The molecule has 7 nitrogen and oxygen atoms in total. The quantitative estimate of drug-likeness (QED) is 0.321. The first kappa shape index (κ1) is 24.0. The zero-order valence-corrected chi connectivity index (χ0v) is 21.1. The van der Waals surface area contributed by atoms with Gasteiger partial charge in [-0.25, -0.2) is 0 Å². The van der Waals surface area contributed by atoms with Crippen LogP contribution in [0.1, 0.15) is 64.9 Å². The monoisotopic (exact) mass is 485 g/mol. The van der Waals surface area contributed by atoms with Crippen LogP contribution >= 0.6 is 0 Å². The zero-order valence-electron chi connectivity index (χ0n) is 21.1. The van der Waals surface area contributed by atoms with Gasteiger partial charge in [0.25, 0.3) is 5.69 Å². The second-order valence-electron chi connectivity index (χ2n) is 11.8. The molecule has 2 aromatic rings. The van der Waals surface area contributed by atoms with E-state index in [1.807, 2.05) is 24.3 Å². The van der Waals surface area contributed by atoms with E-state index in [0.29, 0.717) is 42.5 Å². The zero-order chi connectivity index (χ0) is 26.0. The summed E-state index contributed by atoms with van der Waals surface area (Å²) in [5, 5.41) is 11.3. The van der Waals surface area contributed by atoms with Gasteiger partial charge in [-0.05, 0) is 41.4 Å². The lowest BCUT2D eigenvalue weighted by atomic mass is 9.63. The lowest BCUT2D eigenvalue weighted by Crippen LogP contribution is -2.44. The molecule has 0 bridgehead atoms. The highest BCUT2D eigenvalue weighted by atomic mass is 16.6. The van der Waals surface area contributed by atoms with Crippen LogP contribution < -0.4 is 10.6 Å². The molecule has 0 aromatic heterocycles. The number of benzene rings is 2. The number of nitrogens with zero attached hydrogens (tertiary/aromatic N) is 2. The van der Waals surface area contributed by atoms with Crippen molar-refractivity contribution in [3.63, 3.8) is 0 Å². The smallest absolute Gasteiger partial charge is 0.269 e. The Morgan fingerprint density at radius 2 is 1.33 bits per heavy atom. The molecule has 1 heterocycles. The van der Waals surface area contributed by atoms with Crippen LogP contribution in [0.5, 0.6) is 0 Å². The average molecular weight is 486 g/mol. The fraction of sp³-hybridized carbons (Fsp3) is 0.379. The third kappa shape index (κ3) is 3.92. The number of nitrogen functional groups attached to an aromatic ring is 1. The highest BCUT2D eigenvalue weighted by molar-refractivity contribution is 6.08. The summed E-state index contributed by atoms with van der Waals surface area (Å²) < 4.78 is 0. The van der Waals surface area contributed by atoms with Crippen molar-refractivity contribution in [1.29, 1.82) is 0 Å². The van der Waals surface area contributed by atoms with Gasteiger partial charge in [-0.3, -0.25) is 19.7 Å². The first-order chi connectivity index (χ1) is 16.9. The molecule has 186 valence electrons. The van der Waals surface area contributed by atoms with Gasteiger partial charge in [-0.1, -0.05) is 52.0 Å². The molecular formula is C29H31N3O4. The molecule has 2 N–H and O–H groups in total. The van der Waals surface area contributed by atoms with Gasteiger partial charge in [0.2, 0.25) is 0 Å². The Kier molecular flexibility index (Phi) is 5.43. The SMILES string of the molecule is CC1(C)CC(=O)C2=C(C1)N(c1ccccc1N)C1=C(C(=O)CC(C)(C)C1)C2c1ccc([N+](=O)[O-])cc1. The summed E-state index contributed by atoms with van der Waals surface area (Å²) in [6.45, 7) is 8.34. The van der Waals surface area contributed by atoms with Crippen molar-refractivity contribution >= 4 is 28.6 Å². The van der Waals surface area contributed by atoms with Crippen LogP contribution in [0.25, 0.3) is 0 Å². The van der Waals surface area contributed by atoms with Crippen LogP contribution in [0.2, 0.25) is 0 Å². The molecule has 1 aliphatic heterocycles. The summed E-state index contributed by atoms with van der Waals surface area (Å²) in [5.74, 6) is -0.536. The number of ketones is 2. The van der Waals surface area contributed by atoms with Gasteiger partial charge < -0.3 is 10.6 Å². The summed E-state index contributed by atoms with van der Waals surface area (Å²) in [5.41, 5.74) is 11.0. The van der Waals surface area contributed by atoms with E-state index in [2.05, 4.69) is 32.6 Å². The van der Waals surface area contributed by atoms with Crippen LogP contribution in [-0.4, -0.2) is 16.5 Å². The fourth-order valence-electron chi connectivity index (χ4n) is 6.07. The van der Waals surface area contributed by atoms with Crippen molar-refractivity contribution in [2.45, 2.75) is 59.3 Å². The molecule has 0 unspecified atom stereocenters. The van der Waals surface area contributed by atoms with E-state index in [1.54, 1.807) is 12.1 Å². The Bertz CT molecular complexity index is 1310. The van der Waals surface area contributed by atoms with Gasteiger partial charge in [0.1, 0.15) is 0 Å². The Labute approximate surface area is 210 Å². The van der Waals surface area contributed by atoms with Crippen molar-refractivity contribution in [2.75, 3.05) is 10.6 Å². The summed E-state index contributed by atoms with van der Waals surface area (Å²) in [7, 11) is 0. The van der Waals surface area contributed by atoms with Gasteiger partial charge in [0, 0.05) is 53.4 Å². The van der Waals surface area contributed by atoms with Crippen LogP contribution in [-0.2, 0) is 9.59 Å². The summed E-state index contributed by atoms with van der Waals surface area (Å²) >= 11 is 0. The van der Waals surface area contributed by atoms with Gasteiger partial charge in [-0.15, -0.1) is 0 Å². The van der Waals surface area contributed by atoms with Gasteiger partial charge in [-0.2, -0.15) is 0 Å². The number of hydrogen-bond acceptors (Lipinski definition) is 6. The first-order valence-corrected chi connectivity index (χ1v) is 12.3. The highest BCUT2D eigenvalue weighted by Crippen LogP contribution is 2.56. The van der Waals surface area contributed by atoms with E-state index < -0.39 is 10.8 Å². The molecule has 0 saturated heterocycles. The topological polar surface area (TPSA) is 107 Å². The molecule has 0 radical (unpaired) electrons. The van der Waals surface area contributed by atoms with Crippen molar-refractivity contribution < 1.29 is 14.5 Å². The van der Waals surface area contributed by atoms with E-state index in [0.717, 1.165) is 22.6 Å². The minimum Gasteiger partial charge on any atom is -0.397 e. The maximum Gasteiger partial charge on any atom is 0.269 e. The number of non-ortho nitro benzene ring substituents is 1. The van der Waals surface area contributed by atoms with Crippen molar-refractivity contribution in [1.82, 2.24) is 0 Å². The number of anilines is 2. The van der Waals surface area contributed by atoms with Crippen LogP contribution in [0.3, 0.4) is 0 Å². The number of carbonyl (C=O) groups excluding carboxylic acids is 2. The third-order valence-electron chi connectivity index (χ3n) is 7.52. The van der Waals surface area contributed by atoms with Gasteiger partial charge in [0.05, 0.1) is 16.3 Å². The number of nitro benzene ring substituents is 1. The lowest BCUT2D eigenvalue weighted by Gasteiger charge is -2.49. The Balaban J connectivity index is 1.82. The second kappa shape index (κ2) is 8.15. The van der Waals surface area contributed by atoms with E-state index in [9.17, 15) is 19.7 Å². The molecule has 0 amide bonds. The van der Waals surface area contributed by atoms with Crippen LogP contribution in [0.15, 0.2) is 71.1 Å². The largest absolute Gasteiger partial charge is 0.397 e. The third-order valence-corrected chi connectivity index (χ3v) is 7.52.